The fourth-order valence-electron chi connectivity index (χ4n) is 2.03. The zero-order valence-electron chi connectivity index (χ0n) is 13.1. The summed E-state index contributed by atoms with van der Waals surface area (Å²) in [6.07, 6.45) is 2.12. The Morgan fingerprint density at radius 2 is 1.95 bits per heavy atom. The number of thioether (sulfide) groups is 1. The first-order chi connectivity index (χ1) is 10.6. The number of benzene rings is 2. The van der Waals surface area contributed by atoms with Crippen molar-refractivity contribution in [2.24, 2.45) is 0 Å². The first kappa shape index (κ1) is 16.4. The zero-order valence-corrected chi connectivity index (χ0v) is 13.9. The fourth-order valence-corrected chi connectivity index (χ4v) is 2.49. The van der Waals surface area contributed by atoms with Crippen LogP contribution < -0.4 is 10.1 Å². The average molecular weight is 315 g/mol. The van der Waals surface area contributed by atoms with Crippen LogP contribution in [-0.2, 0) is 4.79 Å². The number of ether oxygens (including phenoxy) is 1. The molecular formula is C18H21NO2S. The van der Waals surface area contributed by atoms with E-state index in [0.717, 1.165) is 10.6 Å². The number of anilines is 1. The minimum absolute atomic E-state index is 0.124. The van der Waals surface area contributed by atoms with Crippen molar-refractivity contribution < 1.29 is 9.53 Å². The molecule has 0 unspecified atom stereocenters. The van der Waals surface area contributed by atoms with Crippen LogP contribution in [0.1, 0.15) is 18.9 Å². The molecule has 3 nitrogen and oxygen atoms in total. The Labute approximate surface area is 136 Å². The molecule has 0 fully saturated rings. The molecule has 0 aliphatic carbocycles. The minimum atomic E-state index is -0.499. The third-order valence-corrected chi connectivity index (χ3v) is 4.03. The van der Waals surface area contributed by atoms with Crippen molar-refractivity contribution in [1.82, 2.24) is 0 Å². The van der Waals surface area contributed by atoms with Crippen LogP contribution in [0.25, 0.3) is 0 Å². The standard InChI is InChI=1S/C18H21NO2S/c1-4-17(21-15-10-8-13(2)9-11-15)18(20)19-14-6-5-7-16(12-14)22-3/h5-12,17H,4H2,1-3H3,(H,19,20)/t17-/m0/s1. The summed E-state index contributed by atoms with van der Waals surface area (Å²) in [5.74, 6) is 0.590. The molecule has 0 aromatic heterocycles. The first-order valence-electron chi connectivity index (χ1n) is 7.30. The number of aryl methyl sites for hydroxylation is 1. The Morgan fingerprint density at radius 1 is 1.23 bits per heavy atom. The molecule has 1 amide bonds. The Bertz CT molecular complexity index is 625. The van der Waals surface area contributed by atoms with E-state index in [1.807, 2.05) is 68.6 Å². The van der Waals surface area contributed by atoms with Crippen LogP contribution in [-0.4, -0.2) is 18.3 Å². The summed E-state index contributed by atoms with van der Waals surface area (Å²) in [5.41, 5.74) is 1.96. The van der Waals surface area contributed by atoms with E-state index >= 15 is 0 Å². The number of hydrogen-bond acceptors (Lipinski definition) is 3. The third-order valence-electron chi connectivity index (χ3n) is 3.30. The van der Waals surface area contributed by atoms with E-state index in [1.165, 1.54) is 5.56 Å². The Kier molecular flexibility index (Phi) is 5.90. The van der Waals surface area contributed by atoms with Gasteiger partial charge in [0.25, 0.3) is 5.91 Å². The van der Waals surface area contributed by atoms with Gasteiger partial charge in [0.2, 0.25) is 0 Å². The predicted octanol–water partition coefficient (Wildman–Crippen LogP) is 4.51. The SMILES string of the molecule is CC[C@H](Oc1ccc(C)cc1)C(=O)Nc1cccc(SC)c1. The molecule has 0 heterocycles. The molecule has 2 aromatic rings. The van der Waals surface area contributed by atoms with E-state index in [-0.39, 0.29) is 5.91 Å². The Morgan fingerprint density at radius 3 is 2.59 bits per heavy atom. The van der Waals surface area contributed by atoms with Crippen molar-refractivity contribution in [2.45, 2.75) is 31.3 Å². The highest BCUT2D eigenvalue weighted by molar-refractivity contribution is 7.98. The van der Waals surface area contributed by atoms with Gasteiger partial charge < -0.3 is 10.1 Å². The minimum Gasteiger partial charge on any atom is -0.481 e. The largest absolute Gasteiger partial charge is 0.481 e. The molecule has 22 heavy (non-hydrogen) atoms. The maximum Gasteiger partial charge on any atom is 0.265 e. The maximum absolute atomic E-state index is 12.4. The summed E-state index contributed by atoms with van der Waals surface area (Å²) < 4.78 is 5.79. The normalized spacial score (nSPS) is 11.8. The molecule has 1 atom stereocenters. The molecule has 0 spiro atoms. The van der Waals surface area contributed by atoms with Gasteiger partial charge in [-0.15, -0.1) is 11.8 Å². The van der Waals surface area contributed by atoms with Gasteiger partial charge >= 0.3 is 0 Å². The van der Waals surface area contributed by atoms with Crippen molar-refractivity contribution in [3.05, 3.63) is 54.1 Å². The topological polar surface area (TPSA) is 38.3 Å². The summed E-state index contributed by atoms with van der Waals surface area (Å²) in [7, 11) is 0. The molecule has 2 rings (SSSR count). The summed E-state index contributed by atoms with van der Waals surface area (Å²) in [6, 6.07) is 15.5. The maximum atomic E-state index is 12.4. The van der Waals surface area contributed by atoms with Crippen LogP contribution >= 0.6 is 11.8 Å². The second-order valence-corrected chi connectivity index (χ2v) is 5.93. The lowest BCUT2D eigenvalue weighted by molar-refractivity contribution is -0.122. The van der Waals surface area contributed by atoms with Gasteiger partial charge in [0.15, 0.2) is 6.10 Å². The second kappa shape index (κ2) is 7.90. The quantitative estimate of drug-likeness (QED) is 0.797. The average Bonchev–Trinajstić information content (AvgIpc) is 2.54. The molecule has 116 valence electrons. The number of nitrogens with one attached hydrogen (secondary N) is 1. The van der Waals surface area contributed by atoms with Gasteiger partial charge in [-0.1, -0.05) is 30.7 Å². The highest BCUT2D eigenvalue weighted by atomic mass is 32.2. The van der Waals surface area contributed by atoms with Gasteiger partial charge in [0.1, 0.15) is 5.75 Å². The zero-order chi connectivity index (χ0) is 15.9. The van der Waals surface area contributed by atoms with Crippen molar-refractivity contribution in [3.63, 3.8) is 0 Å². The molecule has 0 bridgehead atoms. The van der Waals surface area contributed by atoms with Gasteiger partial charge in [-0.25, -0.2) is 0 Å². The molecular weight excluding hydrogens is 294 g/mol. The summed E-state index contributed by atoms with van der Waals surface area (Å²) in [5, 5.41) is 2.92. The number of hydrogen-bond donors (Lipinski definition) is 1. The van der Waals surface area contributed by atoms with Gasteiger partial charge in [0.05, 0.1) is 0 Å². The molecule has 1 N–H and O–H groups in total. The molecule has 4 heteroatoms. The highest BCUT2D eigenvalue weighted by Crippen LogP contribution is 2.20. The number of amides is 1. The van der Waals surface area contributed by atoms with Gasteiger partial charge in [-0.2, -0.15) is 0 Å². The lowest BCUT2D eigenvalue weighted by Gasteiger charge is -2.17. The van der Waals surface area contributed by atoms with Crippen LogP contribution in [0.2, 0.25) is 0 Å². The molecule has 0 aliphatic heterocycles. The van der Waals surface area contributed by atoms with E-state index in [9.17, 15) is 4.79 Å². The predicted molar refractivity (Wildman–Crippen MR) is 92.7 cm³/mol. The van der Waals surface area contributed by atoms with E-state index in [4.69, 9.17) is 4.74 Å². The molecule has 0 saturated carbocycles. The van der Waals surface area contributed by atoms with Crippen molar-refractivity contribution >= 4 is 23.4 Å². The van der Waals surface area contributed by atoms with Gasteiger partial charge in [-0.3, -0.25) is 4.79 Å². The molecule has 2 aromatic carbocycles. The Balaban J connectivity index is 2.03. The number of carbonyl (C=O) groups excluding carboxylic acids is 1. The van der Waals surface area contributed by atoms with Crippen LogP contribution in [0.5, 0.6) is 5.75 Å². The van der Waals surface area contributed by atoms with Crippen LogP contribution in [0.3, 0.4) is 0 Å². The van der Waals surface area contributed by atoms with Crippen molar-refractivity contribution in [3.8, 4) is 5.75 Å². The Hall–Kier alpha value is -1.94. The van der Waals surface area contributed by atoms with Crippen LogP contribution in [0, 0.1) is 6.92 Å². The summed E-state index contributed by atoms with van der Waals surface area (Å²) >= 11 is 1.65. The summed E-state index contributed by atoms with van der Waals surface area (Å²) in [6.45, 7) is 3.96. The number of carbonyl (C=O) groups is 1. The first-order valence-corrected chi connectivity index (χ1v) is 8.53. The number of rotatable bonds is 6. The van der Waals surface area contributed by atoms with E-state index in [2.05, 4.69) is 5.32 Å². The lowest BCUT2D eigenvalue weighted by Crippen LogP contribution is -2.32. The van der Waals surface area contributed by atoms with E-state index in [0.29, 0.717) is 12.2 Å². The second-order valence-electron chi connectivity index (χ2n) is 5.05. The fraction of sp³-hybridized carbons (Fsp3) is 0.278. The summed E-state index contributed by atoms with van der Waals surface area (Å²) in [4.78, 5) is 13.5. The molecule has 0 radical (unpaired) electrons. The van der Waals surface area contributed by atoms with Crippen molar-refractivity contribution in [1.29, 1.82) is 0 Å². The van der Waals surface area contributed by atoms with E-state index in [1.54, 1.807) is 11.8 Å². The highest BCUT2D eigenvalue weighted by Gasteiger charge is 2.18. The molecule has 0 aliphatic rings. The van der Waals surface area contributed by atoms with E-state index < -0.39 is 6.10 Å². The molecule has 0 saturated heterocycles. The van der Waals surface area contributed by atoms with Crippen LogP contribution in [0.15, 0.2) is 53.4 Å². The third kappa shape index (κ3) is 4.53. The van der Waals surface area contributed by atoms with Crippen molar-refractivity contribution in [2.75, 3.05) is 11.6 Å². The lowest BCUT2D eigenvalue weighted by atomic mass is 10.2. The van der Waals surface area contributed by atoms with Gasteiger partial charge in [-0.05, 0) is 49.9 Å². The monoisotopic (exact) mass is 315 g/mol. The van der Waals surface area contributed by atoms with Crippen LogP contribution in [0.4, 0.5) is 5.69 Å². The smallest absolute Gasteiger partial charge is 0.265 e. The van der Waals surface area contributed by atoms with Gasteiger partial charge in [0, 0.05) is 10.6 Å².